The van der Waals surface area contributed by atoms with Gasteiger partial charge in [0.05, 0.1) is 11.4 Å². The molecule has 2 rings (SSSR count). The molecule has 0 aliphatic heterocycles. The van der Waals surface area contributed by atoms with Gasteiger partial charge < -0.3 is 0 Å². The number of hydrogen-bond donors (Lipinski definition) is 1. The highest BCUT2D eigenvalue weighted by molar-refractivity contribution is 7.89. The van der Waals surface area contributed by atoms with Gasteiger partial charge in [0.15, 0.2) is 0 Å². The second-order valence-corrected chi connectivity index (χ2v) is 9.23. The van der Waals surface area contributed by atoms with Crippen LogP contribution in [0.25, 0.3) is 10.6 Å². The summed E-state index contributed by atoms with van der Waals surface area (Å²) in [6.45, 7) is 6.14. The zero-order valence-corrected chi connectivity index (χ0v) is 15.9. The third-order valence-electron chi connectivity index (χ3n) is 3.21. The number of sulfonamides is 1. The minimum atomic E-state index is -3.19. The standard InChI is InChI=1S/C16H21ClN2O2S2/c1-11(2)10-23(20,21)18-9-8-15-12(3)19-16(22-15)13-4-6-14(17)7-5-13/h4-7,11,18H,8-10H2,1-3H3. The lowest BCUT2D eigenvalue weighted by Gasteiger charge is -2.08. The van der Waals surface area contributed by atoms with E-state index >= 15 is 0 Å². The largest absolute Gasteiger partial charge is 0.241 e. The van der Waals surface area contributed by atoms with E-state index in [0.717, 1.165) is 21.1 Å². The van der Waals surface area contributed by atoms with Gasteiger partial charge in [-0.25, -0.2) is 18.1 Å². The van der Waals surface area contributed by atoms with Crippen molar-refractivity contribution >= 4 is 33.0 Å². The van der Waals surface area contributed by atoms with Crippen LogP contribution in [0.4, 0.5) is 0 Å². The normalized spacial score (nSPS) is 12.0. The molecule has 0 fully saturated rings. The average Bonchev–Trinajstić information content (AvgIpc) is 2.79. The van der Waals surface area contributed by atoms with Gasteiger partial charge in [0, 0.05) is 22.0 Å². The van der Waals surface area contributed by atoms with Crippen LogP contribution < -0.4 is 4.72 Å². The number of nitrogens with zero attached hydrogens (tertiary/aromatic N) is 1. The smallest absolute Gasteiger partial charge is 0.211 e. The first-order chi connectivity index (χ1) is 10.8. The van der Waals surface area contributed by atoms with Gasteiger partial charge in [-0.3, -0.25) is 0 Å². The van der Waals surface area contributed by atoms with Crippen molar-refractivity contribution in [2.24, 2.45) is 5.92 Å². The maximum atomic E-state index is 11.8. The summed E-state index contributed by atoms with van der Waals surface area (Å²) in [5.74, 6) is 0.277. The molecule has 7 heteroatoms. The molecule has 23 heavy (non-hydrogen) atoms. The van der Waals surface area contributed by atoms with Crippen LogP contribution in [0.3, 0.4) is 0 Å². The number of thiazole rings is 1. The molecule has 0 aliphatic carbocycles. The van der Waals surface area contributed by atoms with Gasteiger partial charge in [0.1, 0.15) is 5.01 Å². The van der Waals surface area contributed by atoms with Crippen molar-refractivity contribution in [3.05, 3.63) is 39.9 Å². The lowest BCUT2D eigenvalue weighted by molar-refractivity contribution is 0.568. The monoisotopic (exact) mass is 372 g/mol. The van der Waals surface area contributed by atoms with Crippen LogP contribution in [0.15, 0.2) is 24.3 Å². The molecule has 0 aliphatic rings. The third kappa shape index (κ3) is 5.57. The molecule has 1 heterocycles. The Kier molecular flexibility index (Phi) is 6.19. The Balaban J connectivity index is 2.01. The second-order valence-electron chi connectivity index (χ2n) is 5.85. The van der Waals surface area contributed by atoms with E-state index in [0.29, 0.717) is 18.0 Å². The summed E-state index contributed by atoms with van der Waals surface area (Å²) in [6.07, 6.45) is 0.647. The van der Waals surface area contributed by atoms with Gasteiger partial charge in [0.2, 0.25) is 10.0 Å². The van der Waals surface area contributed by atoms with Gasteiger partial charge in [0.25, 0.3) is 0 Å². The van der Waals surface area contributed by atoms with Gasteiger partial charge in [-0.2, -0.15) is 0 Å². The molecule has 0 saturated carbocycles. The Labute approximate surface area is 147 Å². The van der Waals surface area contributed by atoms with Crippen LogP contribution in [0, 0.1) is 12.8 Å². The van der Waals surface area contributed by atoms with E-state index in [2.05, 4.69) is 9.71 Å². The summed E-state index contributed by atoms with van der Waals surface area (Å²) >= 11 is 7.49. The number of benzene rings is 1. The van der Waals surface area contributed by atoms with Gasteiger partial charge in [-0.1, -0.05) is 37.6 Å². The topological polar surface area (TPSA) is 59.1 Å². The van der Waals surface area contributed by atoms with Crippen LogP contribution >= 0.6 is 22.9 Å². The fourth-order valence-corrected chi connectivity index (χ4v) is 4.80. The molecule has 0 spiro atoms. The first-order valence-corrected chi connectivity index (χ1v) is 10.3. The van der Waals surface area contributed by atoms with Crippen LogP contribution in [-0.2, 0) is 16.4 Å². The quantitative estimate of drug-likeness (QED) is 0.802. The van der Waals surface area contributed by atoms with Crippen LogP contribution in [0.5, 0.6) is 0 Å². The number of aryl methyl sites for hydroxylation is 1. The molecule has 0 amide bonds. The van der Waals surface area contributed by atoms with Crippen molar-refractivity contribution in [3.8, 4) is 10.6 Å². The van der Waals surface area contributed by atoms with E-state index in [4.69, 9.17) is 11.6 Å². The van der Waals surface area contributed by atoms with E-state index in [1.807, 2.05) is 45.0 Å². The molecular formula is C16H21ClN2O2S2. The number of aromatic nitrogens is 1. The van der Waals surface area contributed by atoms with Gasteiger partial charge in [-0.15, -0.1) is 11.3 Å². The van der Waals surface area contributed by atoms with Crippen molar-refractivity contribution in [3.63, 3.8) is 0 Å². The number of hydrogen-bond acceptors (Lipinski definition) is 4. The predicted molar refractivity (Wildman–Crippen MR) is 97.6 cm³/mol. The minimum absolute atomic E-state index is 0.120. The molecular weight excluding hydrogens is 352 g/mol. The van der Waals surface area contributed by atoms with E-state index in [-0.39, 0.29) is 11.7 Å². The zero-order valence-electron chi connectivity index (χ0n) is 13.5. The summed E-state index contributed by atoms with van der Waals surface area (Å²) in [5, 5.41) is 1.63. The maximum absolute atomic E-state index is 11.8. The van der Waals surface area contributed by atoms with Crippen molar-refractivity contribution in [1.29, 1.82) is 0 Å². The zero-order chi connectivity index (χ0) is 17.0. The maximum Gasteiger partial charge on any atom is 0.211 e. The lowest BCUT2D eigenvalue weighted by Crippen LogP contribution is -2.30. The Morgan fingerprint density at radius 2 is 1.91 bits per heavy atom. The molecule has 0 bridgehead atoms. The fourth-order valence-electron chi connectivity index (χ4n) is 2.19. The minimum Gasteiger partial charge on any atom is -0.241 e. The number of nitrogens with one attached hydrogen (secondary N) is 1. The summed E-state index contributed by atoms with van der Waals surface area (Å²) in [4.78, 5) is 5.67. The van der Waals surface area contributed by atoms with Gasteiger partial charge >= 0.3 is 0 Å². The Morgan fingerprint density at radius 1 is 1.26 bits per heavy atom. The van der Waals surface area contributed by atoms with E-state index < -0.39 is 10.0 Å². The molecule has 1 N–H and O–H groups in total. The molecule has 4 nitrogen and oxygen atoms in total. The average molecular weight is 373 g/mol. The first kappa shape index (κ1) is 18.4. The first-order valence-electron chi connectivity index (χ1n) is 7.46. The molecule has 0 saturated heterocycles. The van der Waals surface area contributed by atoms with Crippen LogP contribution in [0.1, 0.15) is 24.4 Å². The molecule has 0 radical (unpaired) electrons. The molecule has 1 aromatic carbocycles. The van der Waals surface area contributed by atoms with Crippen LogP contribution in [0.2, 0.25) is 5.02 Å². The number of halogens is 1. The molecule has 0 atom stereocenters. The lowest BCUT2D eigenvalue weighted by atomic mass is 10.2. The molecule has 126 valence electrons. The highest BCUT2D eigenvalue weighted by Gasteiger charge is 2.14. The second kappa shape index (κ2) is 7.75. The van der Waals surface area contributed by atoms with Gasteiger partial charge in [-0.05, 0) is 31.4 Å². The highest BCUT2D eigenvalue weighted by atomic mass is 35.5. The summed E-state index contributed by atoms with van der Waals surface area (Å²) in [5.41, 5.74) is 1.97. The van der Waals surface area contributed by atoms with Crippen molar-refractivity contribution in [2.45, 2.75) is 27.2 Å². The Hall–Kier alpha value is -0.950. The molecule has 0 unspecified atom stereocenters. The number of rotatable bonds is 7. The fraction of sp³-hybridized carbons (Fsp3) is 0.438. The molecule has 2 aromatic rings. The van der Waals surface area contributed by atoms with Crippen molar-refractivity contribution in [2.75, 3.05) is 12.3 Å². The van der Waals surface area contributed by atoms with E-state index in [1.54, 1.807) is 11.3 Å². The predicted octanol–water partition coefficient (Wildman–Crippen LogP) is 3.89. The molecule has 1 aromatic heterocycles. The summed E-state index contributed by atoms with van der Waals surface area (Å²) in [6, 6.07) is 7.56. The van der Waals surface area contributed by atoms with E-state index in [9.17, 15) is 8.42 Å². The SMILES string of the molecule is Cc1nc(-c2ccc(Cl)cc2)sc1CCNS(=O)(=O)CC(C)C. The van der Waals surface area contributed by atoms with Crippen molar-refractivity contribution < 1.29 is 8.42 Å². The Bertz CT molecular complexity index is 753. The van der Waals surface area contributed by atoms with Crippen molar-refractivity contribution in [1.82, 2.24) is 9.71 Å². The third-order valence-corrected chi connectivity index (χ3v) is 6.48. The summed E-state index contributed by atoms with van der Waals surface area (Å²) in [7, 11) is -3.19. The van der Waals surface area contributed by atoms with Crippen LogP contribution in [-0.4, -0.2) is 25.7 Å². The summed E-state index contributed by atoms with van der Waals surface area (Å²) < 4.78 is 26.3. The van der Waals surface area contributed by atoms with E-state index in [1.165, 1.54) is 0 Å². The Morgan fingerprint density at radius 3 is 2.52 bits per heavy atom. The highest BCUT2D eigenvalue weighted by Crippen LogP contribution is 2.28.